The van der Waals surface area contributed by atoms with Gasteiger partial charge in [0, 0.05) is 5.75 Å². The van der Waals surface area contributed by atoms with Crippen molar-refractivity contribution < 1.29 is 4.74 Å². The second-order valence-corrected chi connectivity index (χ2v) is 5.17. The van der Waals surface area contributed by atoms with Crippen molar-refractivity contribution in [3.63, 3.8) is 0 Å². The summed E-state index contributed by atoms with van der Waals surface area (Å²) in [6, 6.07) is 0.318. The minimum absolute atomic E-state index is 0.192. The third-order valence-corrected chi connectivity index (χ3v) is 3.54. The third-order valence-electron chi connectivity index (χ3n) is 2.20. The zero-order valence-corrected chi connectivity index (χ0v) is 12.0. The maximum absolute atomic E-state index is 5.82. The van der Waals surface area contributed by atoms with Crippen LogP contribution in [0.3, 0.4) is 0 Å². The Hall–Kier alpha value is -0.550. The monoisotopic (exact) mass is 275 g/mol. The molecule has 1 aromatic heterocycles. The van der Waals surface area contributed by atoms with E-state index in [-0.39, 0.29) is 5.28 Å². The number of hydrogen-bond donors (Lipinski definition) is 0. The van der Waals surface area contributed by atoms with Crippen molar-refractivity contribution in [2.45, 2.75) is 38.8 Å². The largest absolute Gasteiger partial charge is 0.463 e. The van der Waals surface area contributed by atoms with Gasteiger partial charge in [0.15, 0.2) is 5.16 Å². The summed E-state index contributed by atoms with van der Waals surface area (Å²) in [6.07, 6.45) is 2.06. The first-order chi connectivity index (χ1) is 8.15. The fourth-order valence-electron chi connectivity index (χ4n) is 0.972. The molecule has 0 aliphatic carbocycles. The fourth-order valence-corrected chi connectivity index (χ4v) is 2.14. The van der Waals surface area contributed by atoms with Gasteiger partial charge in [-0.2, -0.15) is 15.0 Å². The van der Waals surface area contributed by atoms with Crippen LogP contribution < -0.4 is 4.74 Å². The van der Waals surface area contributed by atoms with Crippen molar-refractivity contribution in [1.82, 2.24) is 15.0 Å². The van der Waals surface area contributed by atoms with Crippen LogP contribution in [0.15, 0.2) is 5.16 Å². The molecule has 0 N–H and O–H groups in total. The van der Waals surface area contributed by atoms with Gasteiger partial charge in [0.2, 0.25) is 5.28 Å². The summed E-state index contributed by atoms with van der Waals surface area (Å²) in [7, 11) is 0. The van der Waals surface area contributed by atoms with Gasteiger partial charge in [-0.05, 0) is 23.9 Å². The molecule has 1 atom stereocenters. The molecule has 0 fully saturated rings. The topological polar surface area (TPSA) is 47.9 Å². The molecular weight excluding hydrogens is 258 g/mol. The van der Waals surface area contributed by atoms with Gasteiger partial charge in [-0.1, -0.05) is 39.0 Å². The van der Waals surface area contributed by atoms with E-state index >= 15 is 0 Å². The van der Waals surface area contributed by atoms with Crippen LogP contribution in [0.5, 0.6) is 6.01 Å². The maximum Gasteiger partial charge on any atom is 0.321 e. The molecule has 0 aliphatic rings. The van der Waals surface area contributed by atoms with Crippen molar-refractivity contribution >= 4 is 23.4 Å². The molecule has 0 radical (unpaired) electrons. The molecule has 17 heavy (non-hydrogen) atoms. The number of hydrogen-bond acceptors (Lipinski definition) is 5. The van der Waals surface area contributed by atoms with Crippen molar-refractivity contribution in [1.29, 1.82) is 0 Å². The Labute approximate surface area is 112 Å². The number of rotatable bonds is 7. The van der Waals surface area contributed by atoms with E-state index in [9.17, 15) is 0 Å². The first-order valence-electron chi connectivity index (χ1n) is 5.82. The molecule has 0 amide bonds. The maximum atomic E-state index is 5.82. The summed E-state index contributed by atoms with van der Waals surface area (Å²) in [5.74, 6) is 1.61. The van der Waals surface area contributed by atoms with E-state index in [2.05, 4.69) is 28.8 Å². The Morgan fingerprint density at radius 3 is 2.71 bits per heavy atom. The van der Waals surface area contributed by atoms with Crippen molar-refractivity contribution in [2.24, 2.45) is 5.92 Å². The predicted octanol–water partition coefficient (Wildman–Crippen LogP) is 3.45. The van der Waals surface area contributed by atoms with Crippen LogP contribution in [-0.4, -0.2) is 27.3 Å². The highest BCUT2D eigenvalue weighted by molar-refractivity contribution is 7.99. The summed E-state index contributed by atoms with van der Waals surface area (Å²) < 4.78 is 5.35. The summed E-state index contributed by atoms with van der Waals surface area (Å²) >= 11 is 7.41. The van der Waals surface area contributed by atoms with Crippen LogP contribution in [-0.2, 0) is 0 Å². The summed E-state index contributed by atoms with van der Waals surface area (Å²) in [5.41, 5.74) is 0. The van der Waals surface area contributed by atoms with Crippen molar-refractivity contribution in [3.05, 3.63) is 5.28 Å². The standard InChI is InChI=1S/C11H18ClN3OS/c1-4-6-16-10-13-9(12)14-11(15-10)17-7-8(3)5-2/h8H,4-7H2,1-3H3. The number of halogens is 1. The molecule has 96 valence electrons. The van der Waals surface area contributed by atoms with Gasteiger partial charge in [0.25, 0.3) is 0 Å². The Morgan fingerprint density at radius 2 is 2.06 bits per heavy atom. The highest BCUT2D eigenvalue weighted by Crippen LogP contribution is 2.21. The summed E-state index contributed by atoms with van der Waals surface area (Å²) in [6.45, 7) is 6.99. The van der Waals surface area contributed by atoms with Crippen molar-refractivity contribution in [2.75, 3.05) is 12.4 Å². The molecule has 0 saturated heterocycles. The molecule has 6 heteroatoms. The molecule has 4 nitrogen and oxygen atoms in total. The SMILES string of the molecule is CCCOc1nc(Cl)nc(SCC(C)CC)n1. The minimum Gasteiger partial charge on any atom is -0.463 e. The number of nitrogens with zero attached hydrogens (tertiary/aromatic N) is 3. The van der Waals surface area contributed by atoms with E-state index in [0.717, 1.165) is 18.6 Å². The van der Waals surface area contributed by atoms with E-state index < -0.39 is 0 Å². The third kappa shape index (κ3) is 5.55. The number of ether oxygens (including phenoxy) is 1. The molecule has 0 bridgehead atoms. The quantitative estimate of drug-likeness (QED) is 0.713. The first kappa shape index (κ1) is 14.5. The van der Waals surface area contributed by atoms with Crippen LogP contribution >= 0.6 is 23.4 Å². The van der Waals surface area contributed by atoms with Crippen LogP contribution in [0.2, 0.25) is 5.28 Å². The van der Waals surface area contributed by atoms with Crippen molar-refractivity contribution in [3.8, 4) is 6.01 Å². The smallest absolute Gasteiger partial charge is 0.321 e. The first-order valence-corrected chi connectivity index (χ1v) is 7.19. The van der Waals surface area contributed by atoms with E-state index in [0.29, 0.717) is 23.7 Å². The van der Waals surface area contributed by atoms with E-state index in [4.69, 9.17) is 16.3 Å². The lowest BCUT2D eigenvalue weighted by molar-refractivity contribution is 0.288. The normalized spacial score (nSPS) is 12.5. The second kappa shape index (κ2) is 7.71. The van der Waals surface area contributed by atoms with Crippen LogP contribution in [0.1, 0.15) is 33.6 Å². The highest BCUT2D eigenvalue weighted by atomic mass is 35.5. The van der Waals surface area contributed by atoms with Crippen LogP contribution in [0.4, 0.5) is 0 Å². The molecule has 0 spiro atoms. The Balaban J connectivity index is 2.61. The molecule has 1 heterocycles. The highest BCUT2D eigenvalue weighted by Gasteiger charge is 2.08. The van der Waals surface area contributed by atoms with Gasteiger partial charge in [-0.15, -0.1) is 0 Å². The van der Waals surface area contributed by atoms with Crippen LogP contribution in [0.25, 0.3) is 0 Å². The Kier molecular flexibility index (Phi) is 6.58. The molecule has 1 rings (SSSR count). The number of thioether (sulfide) groups is 1. The molecule has 0 aliphatic heterocycles. The van der Waals surface area contributed by atoms with E-state index in [1.165, 1.54) is 0 Å². The summed E-state index contributed by atoms with van der Waals surface area (Å²) in [4.78, 5) is 12.2. The van der Waals surface area contributed by atoms with Gasteiger partial charge in [0.1, 0.15) is 0 Å². The molecule has 1 unspecified atom stereocenters. The molecule has 1 aromatic rings. The number of aromatic nitrogens is 3. The molecule has 0 saturated carbocycles. The predicted molar refractivity (Wildman–Crippen MR) is 70.8 cm³/mol. The van der Waals surface area contributed by atoms with Crippen LogP contribution in [0, 0.1) is 5.92 Å². The van der Waals surface area contributed by atoms with Gasteiger partial charge in [0.05, 0.1) is 6.61 Å². The van der Waals surface area contributed by atoms with Gasteiger partial charge in [-0.3, -0.25) is 0 Å². The Morgan fingerprint density at radius 1 is 1.29 bits per heavy atom. The fraction of sp³-hybridized carbons (Fsp3) is 0.727. The summed E-state index contributed by atoms with van der Waals surface area (Å²) in [5, 5.41) is 0.828. The average Bonchev–Trinajstić information content (AvgIpc) is 2.32. The van der Waals surface area contributed by atoms with E-state index in [1.807, 2.05) is 6.92 Å². The van der Waals surface area contributed by atoms with Gasteiger partial charge < -0.3 is 4.74 Å². The lowest BCUT2D eigenvalue weighted by Crippen LogP contribution is -2.03. The van der Waals surface area contributed by atoms with Gasteiger partial charge in [-0.25, -0.2) is 0 Å². The van der Waals surface area contributed by atoms with E-state index in [1.54, 1.807) is 11.8 Å². The Bertz CT molecular complexity index is 351. The minimum atomic E-state index is 0.192. The molecule has 0 aromatic carbocycles. The van der Waals surface area contributed by atoms with Gasteiger partial charge >= 0.3 is 6.01 Å². The average molecular weight is 276 g/mol. The zero-order chi connectivity index (χ0) is 12.7. The zero-order valence-electron chi connectivity index (χ0n) is 10.4. The lowest BCUT2D eigenvalue weighted by Gasteiger charge is -2.07. The lowest BCUT2D eigenvalue weighted by atomic mass is 10.2. The molecular formula is C11H18ClN3OS. The second-order valence-electron chi connectivity index (χ2n) is 3.84.